The molecule has 15 heavy (non-hydrogen) atoms. The molecule has 2 heterocycles. The van der Waals surface area contributed by atoms with Crippen LogP contribution in [-0.2, 0) is 6.42 Å². The topological polar surface area (TPSA) is 64.1 Å². The molecule has 0 aliphatic carbocycles. The first-order chi connectivity index (χ1) is 7.25. The summed E-state index contributed by atoms with van der Waals surface area (Å²) in [6.07, 6.45) is 5.14. The van der Waals surface area contributed by atoms with E-state index in [1.165, 1.54) is 12.8 Å². The van der Waals surface area contributed by atoms with Gasteiger partial charge in [0.25, 0.3) is 0 Å². The number of hydrogen-bond donors (Lipinski definition) is 2. The predicted molar refractivity (Wildman–Crippen MR) is 58.4 cm³/mol. The van der Waals surface area contributed by atoms with E-state index in [2.05, 4.69) is 10.3 Å². The van der Waals surface area contributed by atoms with E-state index < -0.39 is 0 Å². The molecule has 1 aliphatic rings. The van der Waals surface area contributed by atoms with Crippen LogP contribution in [0.15, 0.2) is 10.6 Å². The van der Waals surface area contributed by atoms with Gasteiger partial charge < -0.3 is 15.5 Å². The number of piperidine rings is 1. The molecule has 4 nitrogen and oxygen atoms in total. The Bertz CT molecular complexity index is 303. The summed E-state index contributed by atoms with van der Waals surface area (Å²) in [5.74, 6) is 2.35. The zero-order valence-corrected chi connectivity index (χ0v) is 9.20. The first-order valence-corrected chi connectivity index (χ1v) is 5.66. The second-order valence-electron chi connectivity index (χ2n) is 4.34. The molecule has 1 aliphatic heterocycles. The molecular formula is C11H19N3O. The van der Waals surface area contributed by atoms with Gasteiger partial charge in [0, 0.05) is 6.42 Å². The maximum absolute atomic E-state index is 5.72. The van der Waals surface area contributed by atoms with Crippen molar-refractivity contribution in [3.8, 4) is 0 Å². The lowest BCUT2D eigenvalue weighted by atomic mass is 9.95. The number of hydrogen-bond acceptors (Lipinski definition) is 4. The number of rotatable bonds is 3. The molecule has 3 N–H and O–H groups in total. The molecule has 0 aromatic carbocycles. The van der Waals surface area contributed by atoms with Crippen LogP contribution < -0.4 is 11.1 Å². The van der Waals surface area contributed by atoms with Crippen LogP contribution in [0.1, 0.15) is 37.5 Å². The van der Waals surface area contributed by atoms with Crippen LogP contribution in [0.3, 0.4) is 0 Å². The van der Waals surface area contributed by atoms with Crippen molar-refractivity contribution in [3.05, 3.63) is 17.8 Å². The largest absolute Gasteiger partial charge is 0.444 e. The molecule has 84 valence electrons. The summed E-state index contributed by atoms with van der Waals surface area (Å²) in [6.45, 7) is 4.14. The smallest absolute Gasteiger partial charge is 0.194 e. The highest BCUT2D eigenvalue weighted by Crippen LogP contribution is 2.19. The van der Waals surface area contributed by atoms with Gasteiger partial charge in [-0.15, -0.1) is 0 Å². The van der Waals surface area contributed by atoms with E-state index in [0.717, 1.165) is 31.2 Å². The van der Waals surface area contributed by atoms with Crippen LogP contribution in [0, 0.1) is 5.92 Å². The lowest BCUT2D eigenvalue weighted by Gasteiger charge is -2.20. The summed E-state index contributed by atoms with van der Waals surface area (Å²) >= 11 is 0. The minimum atomic E-state index is -0.0562. The summed E-state index contributed by atoms with van der Waals surface area (Å²) < 4.78 is 5.59. The fraction of sp³-hybridized carbons (Fsp3) is 0.727. The first kappa shape index (κ1) is 10.6. The van der Waals surface area contributed by atoms with Gasteiger partial charge in [0.1, 0.15) is 5.76 Å². The van der Waals surface area contributed by atoms with Crippen molar-refractivity contribution in [2.24, 2.45) is 11.7 Å². The van der Waals surface area contributed by atoms with Crippen LogP contribution in [-0.4, -0.2) is 18.1 Å². The van der Waals surface area contributed by atoms with Gasteiger partial charge in [-0.2, -0.15) is 0 Å². The molecule has 4 heteroatoms. The summed E-state index contributed by atoms with van der Waals surface area (Å²) in [4.78, 5) is 4.26. The maximum Gasteiger partial charge on any atom is 0.194 e. The second-order valence-corrected chi connectivity index (χ2v) is 4.34. The van der Waals surface area contributed by atoms with Crippen molar-refractivity contribution in [2.45, 2.75) is 32.2 Å². The van der Waals surface area contributed by atoms with E-state index in [-0.39, 0.29) is 6.04 Å². The van der Waals surface area contributed by atoms with Gasteiger partial charge in [0.15, 0.2) is 5.89 Å². The van der Waals surface area contributed by atoms with Gasteiger partial charge in [0.05, 0.1) is 12.2 Å². The van der Waals surface area contributed by atoms with Crippen molar-refractivity contribution in [3.63, 3.8) is 0 Å². The molecular weight excluding hydrogens is 190 g/mol. The van der Waals surface area contributed by atoms with Gasteiger partial charge >= 0.3 is 0 Å². The molecule has 0 saturated carbocycles. The maximum atomic E-state index is 5.72. The SMILES string of the molecule is CC(N)c1cnc(CC2CCNCC2)o1. The minimum absolute atomic E-state index is 0.0562. The van der Waals surface area contributed by atoms with Gasteiger partial charge in [-0.3, -0.25) is 0 Å². The Morgan fingerprint density at radius 1 is 1.60 bits per heavy atom. The highest BCUT2D eigenvalue weighted by atomic mass is 16.4. The number of nitrogens with zero attached hydrogens (tertiary/aromatic N) is 1. The summed E-state index contributed by atoms with van der Waals surface area (Å²) in [7, 11) is 0. The normalized spacial score (nSPS) is 20.4. The van der Waals surface area contributed by atoms with Crippen LogP contribution in [0.4, 0.5) is 0 Å². The zero-order valence-electron chi connectivity index (χ0n) is 9.20. The highest BCUT2D eigenvalue weighted by molar-refractivity contribution is 4.99. The standard InChI is InChI=1S/C11H19N3O/c1-8(12)10-7-14-11(15-10)6-9-2-4-13-5-3-9/h7-9,13H,2-6,12H2,1H3. The van der Waals surface area contributed by atoms with E-state index in [1.54, 1.807) is 6.20 Å². The first-order valence-electron chi connectivity index (χ1n) is 5.66. The van der Waals surface area contributed by atoms with Crippen LogP contribution >= 0.6 is 0 Å². The Hall–Kier alpha value is -0.870. The predicted octanol–water partition coefficient (Wildman–Crippen LogP) is 1.24. The molecule has 0 spiro atoms. The summed E-state index contributed by atoms with van der Waals surface area (Å²) in [5, 5.41) is 3.35. The van der Waals surface area contributed by atoms with Crippen molar-refractivity contribution >= 4 is 0 Å². The van der Waals surface area contributed by atoms with Crippen LogP contribution in [0.2, 0.25) is 0 Å². The van der Waals surface area contributed by atoms with Crippen molar-refractivity contribution in [1.29, 1.82) is 0 Å². The molecule has 0 radical (unpaired) electrons. The Balaban J connectivity index is 1.91. The van der Waals surface area contributed by atoms with Crippen LogP contribution in [0.25, 0.3) is 0 Å². The van der Waals surface area contributed by atoms with Gasteiger partial charge in [-0.25, -0.2) is 4.98 Å². The van der Waals surface area contributed by atoms with E-state index >= 15 is 0 Å². The molecule has 1 aromatic heterocycles. The molecule has 1 atom stereocenters. The van der Waals surface area contributed by atoms with Gasteiger partial charge in [-0.05, 0) is 38.8 Å². The number of oxazole rings is 1. The van der Waals surface area contributed by atoms with E-state index in [0.29, 0.717) is 5.92 Å². The molecule has 1 fully saturated rings. The quantitative estimate of drug-likeness (QED) is 0.786. The lowest BCUT2D eigenvalue weighted by molar-refractivity contribution is 0.333. The summed E-state index contributed by atoms with van der Waals surface area (Å²) in [5.41, 5.74) is 5.72. The lowest BCUT2D eigenvalue weighted by Crippen LogP contribution is -2.28. The van der Waals surface area contributed by atoms with Crippen molar-refractivity contribution in [2.75, 3.05) is 13.1 Å². The van der Waals surface area contributed by atoms with Gasteiger partial charge in [-0.1, -0.05) is 0 Å². The van der Waals surface area contributed by atoms with E-state index in [9.17, 15) is 0 Å². The van der Waals surface area contributed by atoms with E-state index in [1.807, 2.05) is 6.92 Å². The van der Waals surface area contributed by atoms with Crippen molar-refractivity contribution in [1.82, 2.24) is 10.3 Å². The fourth-order valence-electron chi connectivity index (χ4n) is 1.96. The molecule has 2 rings (SSSR count). The molecule has 1 saturated heterocycles. The Kier molecular flexibility index (Phi) is 3.38. The number of nitrogens with two attached hydrogens (primary N) is 1. The average molecular weight is 209 g/mol. The fourth-order valence-corrected chi connectivity index (χ4v) is 1.96. The minimum Gasteiger partial charge on any atom is -0.444 e. The Labute approximate surface area is 90.2 Å². The zero-order chi connectivity index (χ0) is 10.7. The highest BCUT2D eigenvalue weighted by Gasteiger charge is 2.16. The van der Waals surface area contributed by atoms with Gasteiger partial charge in [0.2, 0.25) is 0 Å². The molecule has 0 bridgehead atoms. The third-order valence-corrected chi connectivity index (χ3v) is 2.94. The van der Waals surface area contributed by atoms with E-state index in [4.69, 9.17) is 10.2 Å². The third kappa shape index (κ3) is 2.79. The number of aromatic nitrogens is 1. The third-order valence-electron chi connectivity index (χ3n) is 2.94. The molecule has 1 unspecified atom stereocenters. The monoisotopic (exact) mass is 209 g/mol. The Morgan fingerprint density at radius 3 is 2.93 bits per heavy atom. The Morgan fingerprint density at radius 2 is 2.33 bits per heavy atom. The summed E-state index contributed by atoms with van der Waals surface area (Å²) in [6, 6.07) is -0.0562. The number of nitrogens with one attached hydrogen (secondary N) is 1. The van der Waals surface area contributed by atoms with Crippen LogP contribution in [0.5, 0.6) is 0 Å². The second kappa shape index (κ2) is 4.77. The average Bonchev–Trinajstić information content (AvgIpc) is 2.68. The molecule has 0 amide bonds. The van der Waals surface area contributed by atoms with Crippen molar-refractivity contribution < 1.29 is 4.42 Å². The molecule has 1 aromatic rings.